The monoisotopic (exact) mass is 286 g/mol. The molecule has 0 bridgehead atoms. The Morgan fingerprint density at radius 2 is 1.90 bits per heavy atom. The van der Waals surface area contributed by atoms with Gasteiger partial charge in [-0.3, -0.25) is 4.79 Å². The van der Waals surface area contributed by atoms with Gasteiger partial charge in [-0.25, -0.2) is 0 Å². The molecule has 1 heterocycles. The lowest BCUT2D eigenvalue weighted by atomic mass is 10.1. The molecule has 0 aliphatic carbocycles. The third-order valence-electron chi connectivity index (χ3n) is 3.16. The molecule has 0 radical (unpaired) electrons. The minimum Gasteiger partial charge on any atom is -0.469 e. The first-order valence-electron chi connectivity index (χ1n) is 7.24. The Bertz CT molecular complexity index is 576. The molecule has 4 heteroatoms. The number of carbonyl (C=O) groups excluding carboxylic acids is 1. The van der Waals surface area contributed by atoms with Gasteiger partial charge in [0.25, 0.3) is 0 Å². The zero-order valence-electron chi connectivity index (χ0n) is 12.7. The summed E-state index contributed by atoms with van der Waals surface area (Å²) in [4.78, 5) is 11.7. The van der Waals surface area contributed by atoms with Crippen molar-refractivity contribution in [2.45, 2.75) is 33.2 Å². The van der Waals surface area contributed by atoms with Crippen LogP contribution in [0, 0.1) is 5.92 Å². The Kier molecular flexibility index (Phi) is 5.04. The quantitative estimate of drug-likeness (QED) is 0.846. The Hall–Kier alpha value is -2.23. The van der Waals surface area contributed by atoms with Crippen molar-refractivity contribution < 1.29 is 9.21 Å². The van der Waals surface area contributed by atoms with Gasteiger partial charge in [-0.1, -0.05) is 19.9 Å². The zero-order chi connectivity index (χ0) is 15.2. The lowest BCUT2D eigenvalue weighted by molar-refractivity contribution is -0.118. The maximum Gasteiger partial charge on any atom is 0.226 e. The van der Waals surface area contributed by atoms with E-state index in [2.05, 4.69) is 17.6 Å². The Morgan fingerprint density at radius 3 is 2.57 bits per heavy atom. The van der Waals surface area contributed by atoms with Crippen LogP contribution >= 0.6 is 0 Å². The fourth-order valence-electron chi connectivity index (χ4n) is 2.04. The summed E-state index contributed by atoms with van der Waals surface area (Å²) in [7, 11) is 0. The molecule has 0 fully saturated rings. The largest absolute Gasteiger partial charge is 0.469 e. The van der Waals surface area contributed by atoms with Crippen LogP contribution in [0.25, 0.3) is 0 Å². The molecule has 1 aromatic heterocycles. The number of benzene rings is 1. The van der Waals surface area contributed by atoms with E-state index in [0.29, 0.717) is 0 Å². The van der Waals surface area contributed by atoms with Gasteiger partial charge in [-0.05, 0) is 37.3 Å². The number of rotatable bonds is 6. The number of furan rings is 1. The average Bonchev–Trinajstić information content (AvgIpc) is 2.91. The molecule has 0 aliphatic rings. The zero-order valence-corrected chi connectivity index (χ0v) is 12.7. The van der Waals surface area contributed by atoms with Crippen LogP contribution < -0.4 is 10.6 Å². The molecule has 1 amide bonds. The predicted octanol–water partition coefficient (Wildman–Crippen LogP) is 3.92. The van der Waals surface area contributed by atoms with Gasteiger partial charge in [0.05, 0.1) is 6.26 Å². The molecular formula is C17H22N2O2. The van der Waals surface area contributed by atoms with Gasteiger partial charge in [-0.15, -0.1) is 0 Å². The number of carbonyl (C=O) groups is 1. The van der Waals surface area contributed by atoms with Gasteiger partial charge in [0.15, 0.2) is 0 Å². The second-order valence-corrected chi connectivity index (χ2v) is 5.55. The molecule has 2 rings (SSSR count). The predicted molar refractivity (Wildman–Crippen MR) is 85.4 cm³/mol. The summed E-state index contributed by atoms with van der Waals surface area (Å²) in [5.41, 5.74) is 1.79. The van der Waals surface area contributed by atoms with Crippen molar-refractivity contribution in [2.24, 2.45) is 5.92 Å². The van der Waals surface area contributed by atoms with Crippen LogP contribution in [0.5, 0.6) is 0 Å². The van der Waals surface area contributed by atoms with Crippen molar-refractivity contribution >= 4 is 17.3 Å². The SMILES string of the molecule is CC(Cc1ccco1)Nc1cccc(NC(=O)C(C)C)c1. The highest BCUT2D eigenvalue weighted by Crippen LogP contribution is 2.17. The van der Waals surface area contributed by atoms with Crippen molar-refractivity contribution in [3.05, 3.63) is 48.4 Å². The number of nitrogens with one attached hydrogen (secondary N) is 2. The molecule has 4 nitrogen and oxygen atoms in total. The molecule has 1 unspecified atom stereocenters. The van der Waals surface area contributed by atoms with E-state index in [1.54, 1.807) is 6.26 Å². The van der Waals surface area contributed by atoms with Crippen molar-refractivity contribution in [1.82, 2.24) is 0 Å². The first kappa shape index (κ1) is 15.2. The van der Waals surface area contributed by atoms with Crippen molar-refractivity contribution in [2.75, 3.05) is 10.6 Å². The number of hydrogen-bond donors (Lipinski definition) is 2. The third kappa shape index (κ3) is 4.67. The highest BCUT2D eigenvalue weighted by atomic mass is 16.3. The van der Waals surface area contributed by atoms with Crippen LogP contribution in [0.4, 0.5) is 11.4 Å². The van der Waals surface area contributed by atoms with E-state index in [1.807, 2.05) is 50.2 Å². The van der Waals surface area contributed by atoms with Crippen LogP contribution in [0.1, 0.15) is 26.5 Å². The van der Waals surface area contributed by atoms with Gasteiger partial charge >= 0.3 is 0 Å². The molecule has 2 aromatic rings. The normalized spacial score (nSPS) is 12.2. The summed E-state index contributed by atoms with van der Waals surface area (Å²) < 4.78 is 5.35. The second-order valence-electron chi connectivity index (χ2n) is 5.55. The van der Waals surface area contributed by atoms with Crippen LogP contribution in [0.15, 0.2) is 47.1 Å². The average molecular weight is 286 g/mol. The van der Waals surface area contributed by atoms with Crippen LogP contribution in [-0.2, 0) is 11.2 Å². The first-order chi connectivity index (χ1) is 10.0. The van der Waals surface area contributed by atoms with Gasteiger partial charge in [0.2, 0.25) is 5.91 Å². The second kappa shape index (κ2) is 6.97. The molecule has 0 saturated carbocycles. The van der Waals surface area contributed by atoms with Crippen molar-refractivity contribution in [1.29, 1.82) is 0 Å². The smallest absolute Gasteiger partial charge is 0.226 e. The molecular weight excluding hydrogens is 264 g/mol. The topological polar surface area (TPSA) is 54.3 Å². The van der Waals surface area contributed by atoms with Crippen LogP contribution in [0.2, 0.25) is 0 Å². The Labute approximate surface area is 125 Å². The van der Waals surface area contributed by atoms with E-state index in [1.165, 1.54) is 0 Å². The summed E-state index contributed by atoms with van der Waals surface area (Å²) in [5, 5.41) is 6.31. The fourth-order valence-corrected chi connectivity index (χ4v) is 2.04. The van der Waals surface area contributed by atoms with Gasteiger partial charge in [0, 0.05) is 29.8 Å². The molecule has 112 valence electrons. The summed E-state index contributed by atoms with van der Waals surface area (Å²) in [5.74, 6) is 0.953. The third-order valence-corrected chi connectivity index (χ3v) is 3.16. The first-order valence-corrected chi connectivity index (χ1v) is 7.24. The molecule has 0 spiro atoms. The van der Waals surface area contributed by atoms with E-state index in [0.717, 1.165) is 23.6 Å². The number of hydrogen-bond acceptors (Lipinski definition) is 3. The summed E-state index contributed by atoms with van der Waals surface area (Å²) in [6, 6.07) is 11.9. The highest BCUT2D eigenvalue weighted by molar-refractivity contribution is 5.92. The number of amides is 1. The minimum absolute atomic E-state index is 0.0239. The minimum atomic E-state index is -0.0282. The lowest BCUT2D eigenvalue weighted by Gasteiger charge is -2.15. The maximum atomic E-state index is 11.7. The van der Waals surface area contributed by atoms with Gasteiger partial charge in [-0.2, -0.15) is 0 Å². The molecule has 2 N–H and O–H groups in total. The number of anilines is 2. The summed E-state index contributed by atoms with van der Waals surface area (Å²) in [6.07, 6.45) is 2.50. The lowest BCUT2D eigenvalue weighted by Crippen LogP contribution is -2.19. The Balaban J connectivity index is 1.95. The molecule has 0 aliphatic heterocycles. The highest BCUT2D eigenvalue weighted by Gasteiger charge is 2.09. The molecule has 0 saturated heterocycles. The summed E-state index contributed by atoms with van der Waals surface area (Å²) in [6.45, 7) is 5.85. The Morgan fingerprint density at radius 1 is 1.14 bits per heavy atom. The van der Waals surface area contributed by atoms with E-state index >= 15 is 0 Å². The van der Waals surface area contributed by atoms with Gasteiger partial charge < -0.3 is 15.1 Å². The maximum absolute atomic E-state index is 11.7. The molecule has 1 atom stereocenters. The van der Waals surface area contributed by atoms with E-state index < -0.39 is 0 Å². The van der Waals surface area contributed by atoms with Crippen molar-refractivity contribution in [3.8, 4) is 0 Å². The van der Waals surface area contributed by atoms with E-state index in [4.69, 9.17) is 4.42 Å². The van der Waals surface area contributed by atoms with Crippen molar-refractivity contribution in [3.63, 3.8) is 0 Å². The van der Waals surface area contributed by atoms with E-state index in [-0.39, 0.29) is 17.9 Å². The summed E-state index contributed by atoms with van der Waals surface area (Å²) >= 11 is 0. The fraction of sp³-hybridized carbons (Fsp3) is 0.353. The van der Waals surface area contributed by atoms with Gasteiger partial charge in [0.1, 0.15) is 5.76 Å². The van der Waals surface area contributed by atoms with E-state index in [9.17, 15) is 4.79 Å². The molecule has 1 aromatic carbocycles. The van der Waals surface area contributed by atoms with Crippen LogP contribution in [0.3, 0.4) is 0 Å². The standard InChI is InChI=1S/C17H22N2O2/c1-12(2)17(20)19-15-7-4-6-14(11-15)18-13(3)10-16-8-5-9-21-16/h4-9,11-13,18H,10H2,1-3H3,(H,19,20). The van der Waals surface area contributed by atoms with Crippen LogP contribution in [-0.4, -0.2) is 11.9 Å². The molecule has 21 heavy (non-hydrogen) atoms.